The van der Waals surface area contributed by atoms with Gasteiger partial charge in [0.15, 0.2) is 17.3 Å². The normalized spacial score (nSPS) is 13.9. The minimum absolute atomic E-state index is 0.0306. The maximum atomic E-state index is 14.4. The van der Waals surface area contributed by atoms with Gasteiger partial charge < -0.3 is 19.7 Å². The van der Waals surface area contributed by atoms with Crippen LogP contribution in [0.1, 0.15) is 19.8 Å². The Labute approximate surface area is 200 Å². The molecule has 0 radical (unpaired) electrons. The Kier molecular flexibility index (Phi) is 6.98. The molecule has 1 amide bonds. The molecule has 1 N–H and O–H groups in total. The Balaban J connectivity index is 1.60. The van der Waals surface area contributed by atoms with Crippen molar-refractivity contribution in [3.05, 3.63) is 47.2 Å². The second-order valence-electron chi connectivity index (χ2n) is 7.57. The number of nitrogens with zero attached hydrogens (tertiary/aromatic N) is 3. The van der Waals surface area contributed by atoms with Crippen LogP contribution in [0, 0.1) is 23.5 Å². The summed E-state index contributed by atoms with van der Waals surface area (Å²) >= 11 is 5.70. The van der Waals surface area contributed by atoms with Crippen molar-refractivity contribution in [1.29, 1.82) is 0 Å². The second kappa shape index (κ2) is 10.1. The number of rotatable bonds is 5. The van der Waals surface area contributed by atoms with Crippen LogP contribution in [-0.4, -0.2) is 47.1 Å². The molecule has 0 atom stereocenters. The topological polar surface area (TPSA) is 76.6 Å². The molecule has 3 aromatic rings. The Morgan fingerprint density at radius 3 is 2.68 bits per heavy atom. The highest BCUT2D eigenvalue weighted by Crippen LogP contribution is 2.37. The predicted molar refractivity (Wildman–Crippen MR) is 124 cm³/mol. The Morgan fingerprint density at radius 1 is 1.21 bits per heavy atom. The zero-order chi connectivity index (χ0) is 24.2. The van der Waals surface area contributed by atoms with Crippen molar-refractivity contribution in [2.45, 2.75) is 25.9 Å². The van der Waals surface area contributed by atoms with Gasteiger partial charge in [0.25, 0.3) is 5.91 Å². The lowest BCUT2D eigenvalue weighted by Gasteiger charge is -2.31. The fourth-order valence-electron chi connectivity index (χ4n) is 3.71. The second-order valence-corrected chi connectivity index (χ2v) is 7.95. The molecule has 2 heterocycles. The van der Waals surface area contributed by atoms with E-state index in [0.29, 0.717) is 48.3 Å². The van der Waals surface area contributed by atoms with Gasteiger partial charge >= 0.3 is 0 Å². The van der Waals surface area contributed by atoms with Crippen molar-refractivity contribution in [2.24, 2.45) is 0 Å². The van der Waals surface area contributed by atoms with Crippen LogP contribution in [0.25, 0.3) is 10.9 Å². The zero-order valence-electron chi connectivity index (χ0n) is 18.5. The minimum Gasteiger partial charge on any atom is -0.493 e. The van der Waals surface area contributed by atoms with Gasteiger partial charge in [-0.3, -0.25) is 4.79 Å². The van der Waals surface area contributed by atoms with Gasteiger partial charge in [-0.05, 0) is 31.0 Å². The number of aromatic nitrogens is 2. The smallest absolute Gasteiger partial charge is 0.298 e. The monoisotopic (exact) mass is 486 g/mol. The number of hydrogen-bond donors (Lipinski definition) is 1. The summed E-state index contributed by atoms with van der Waals surface area (Å²) in [6, 6.07) is 5.71. The third-order valence-corrected chi connectivity index (χ3v) is 5.81. The first-order chi connectivity index (χ1) is 16.4. The summed E-state index contributed by atoms with van der Waals surface area (Å²) in [7, 11) is 1.52. The first-order valence-electron chi connectivity index (χ1n) is 10.5. The molecule has 0 spiro atoms. The van der Waals surface area contributed by atoms with Crippen molar-refractivity contribution < 1.29 is 23.0 Å². The van der Waals surface area contributed by atoms with Crippen LogP contribution in [0.3, 0.4) is 0 Å². The van der Waals surface area contributed by atoms with Crippen molar-refractivity contribution in [3.8, 4) is 23.3 Å². The SMILES string of the molecule is CC#CC(=O)N1CCC(Oc2cc3c(Nc4ccc(F)c(Cl)c4F)ncnc3cc2OC)CC1. The van der Waals surface area contributed by atoms with Crippen molar-refractivity contribution in [2.75, 3.05) is 25.5 Å². The van der Waals surface area contributed by atoms with Gasteiger partial charge in [0.2, 0.25) is 0 Å². The molecule has 34 heavy (non-hydrogen) atoms. The van der Waals surface area contributed by atoms with Crippen LogP contribution >= 0.6 is 11.6 Å². The summed E-state index contributed by atoms with van der Waals surface area (Å²) in [4.78, 5) is 22.1. The molecule has 0 bridgehead atoms. The standard InChI is InChI=1S/C24H21ClF2N4O3/c1-3-4-21(32)31-9-7-14(8-10-31)34-20-11-15-18(12-19(20)33-2)28-13-29-24(15)30-17-6-5-16(26)22(25)23(17)27/h5-6,11-14H,7-10H2,1-2H3,(H,28,29,30). The number of halogens is 3. The fourth-order valence-corrected chi connectivity index (χ4v) is 3.87. The number of anilines is 2. The van der Waals surface area contributed by atoms with Gasteiger partial charge in [0.1, 0.15) is 29.1 Å². The predicted octanol–water partition coefficient (Wildman–Crippen LogP) is 4.71. The van der Waals surface area contributed by atoms with E-state index < -0.39 is 16.7 Å². The molecule has 10 heteroatoms. The van der Waals surface area contributed by atoms with E-state index in [1.165, 1.54) is 19.5 Å². The molecule has 1 fully saturated rings. The molecule has 0 saturated carbocycles. The molecule has 7 nitrogen and oxygen atoms in total. The Bertz CT molecular complexity index is 1300. The number of amides is 1. The number of fused-ring (bicyclic) bond motifs is 1. The van der Waals surface area contributed by atoms with Gasteiger partial charge in [-0.2, -0.15) is 0 Å². The molecule has 1 aromatic heterocycles. The lowest BCUT2D eigenvalue weighted by molar-refractivity contribution is -0.126. The number of carbonyl (C=O) groups is 1. The summed E-state index contributed by atoms with van der Waals surface area (Å²) in [6.45, 7) is 2.70. The summed E-state index contributed by atoms with van der Waals surface area (Å²) in [5, 5.41) is 2.79. The molecule has 0 unspecified atom stereocenters. The summed E-state index contributed by atoms with van der Waals surface area (Å²) in [6.07, 6.45) is 2.45. The van der Waals surface area contributed by atoms with Crippen LogP contribution in [0.4, 0.5) is 20.3 Å². The zero-order valence-corrected chi connectivity index (χ0v) is 19.2. The number of benzene rings is 2. The van der Waals surface area contributed by atoms with Crippen LogP contribution in [0.5, 0.6) is 11.5 Å². The van der Waals surface area contributed by atoms with Crippen LogP contribution in [0.2, 0.25) is 5.02 Å². The summed E-state index contributed by atoms with van der Waals surface area (Å²) in [5.74, 6) is 4.44. The first kappa shape index (κ1) is 23.5. The van der Waals surface area contributed by atoms with E-state index >= 15 is 0 Å². The fraction of sp³-hybridized carbons (Fsp3) is 0.292. The number of carbonyl (C=O) groups excluding carboxylic acids is 1. The molecule has 2 aromatic carbocycles. The maximum Gasteiger partial charge on any atom is 0.298 e. The number of methoxy groups -OCH3 is 1. The number of nitrogens with one attached hydrogen (secondary N) is 1. The molecular weight excluding hydrogens is 466 g/mol. The first-order valence-corrected chi connectivity index (χ1v) is 10.9. The molecule has 4 rings (SSSR count). The van der Waals surface area contributed by atoms with E-state index in [1.54, 1.807) is 24.0 Å². The lowest BCUT2D eigenvalue weighted by atomic mass is 10.1. The van der Waals surface area contributed by atoms with Gasteiger partial charge in [-0.1, -0.05) is 17.5 Å². The highest BCUT2D eigenvalue weighted by atomic mass is 35.5. The molecule has 1 aliphatic rings. The van der Waals surface area contributed by atoms with E-state index in [2.05, 4.69) is 27.1 Å². The summed E-state index contributed by atoms with van der Waals surface area (Å²) in [5.41, 5.74) is 0.505. The number of likely N-dealkylation sites (tertiary alicyclic amines) is 1. The van der Waals surface area contributed by atoms with E-state index in [1.807, 2.05) is 0 Å². The van der Waals surface area contributed by atoms with Gasteiger partial charge in [-0.15, -0.1) is 0 Å². The van der Waals surface area contributed by atoms with Gasteiger partial charge in [0.05, 0.1) is 18.3 Å². The van der Waals surface area contributed by atoms with E-state index in [0.717, 1.165) is 6.07 Å². The van der Waals surface area contributed by atoms with Crippen LogP contribution in [0.15, 0.2) is 30.6 Å². The highest BCUT2D eigenvalue weighted by Gasteiger charge is 2.24. The van der Waals surface area contributed by atoms with E-state index in [-0.39, 0.29) is 23.5 Å². The largest absolute Gasteiger partial charge is 0.493 e. The third-order valence-electron chi connectivity index (χ3n) is 5.46. The van der Waals surface area contributed by atoms with Crippen molar-refractivity contribution >= 4 is 39.9 Å². The third kappa shape index (κ3) is 4.82. The Morgan fingerprint density at radius 2 is 1.97 bits per heavy atom. The Hall–Kier alpha value is -3.64. The number of hydrogen-bond acceptors (Lipinski definition) is 6. The minimum atomic E-state index is -0.924. The average molecular weight is 487 g/mol. The number of ether oxygens (including phenoxy) is 2. The lowest BCUT2D eigenvalue weighted by Crippen LogP contribution is -2.41. The van der Waals surface area contributed by atoms with Crippen molar-refractivity contribution in [1.82, 2.24) is 14.9 Å². The molecule has 1 aliphatic heterocycles. The molecule has 0 aliphatic carbocycles. The molecule has 1 saturated heterocycles. The molecular formula is C24H21ClF2N4O3. The van der Waals surface area contributed by atoms with E-state index in [9.17, 15) is 13.6 Å². The van der Waals surface area contributed by atoms with Crippen LogP contribution < -0.4 is 14.8 Å². The van der Waals surface area contributed by atoms with Gasteiger partial charge in [0, 0.05) is 37.4 Å². The number of piperidine rings is 1. The van der Waals surface area contributed by atoms with E-state index in [4.69, 9.17) is 21.1 Å². The average Bonchev–Trinajstić information content (AvgIpc) is 2.85. The quantitative estimate of drug-likeness (QED) is 0.416. The van der Waals surface area contributed by atoms with Crippen molar-refractivity contribution in [3.63, 3.8) is 0 Å². The maximum absolute atomic E-state index is 14.4. The van der Waals surface area contributed by atoms with Gasteiger partial charge in [-0.25, -0.2) is 18.7 Å². The van der Waals surface area contributed by atoms with Crippen LogP contribution in [-0.2, 0) is 4.79 Å². The molecule has 176 valence electrons. The summed E-state index contributed by atoms with van der Waals surface area (Å²) < 4.78 is 39.7. The highest BCUT2D eigenvalue weighted by molar-refractivity contribution is 6.31.